The van der Waals surface area contributed by atoms with Crippen LogP contribution in [0.2, 0.25) is 0 Å². The van der Waals surface area contributed by atoms with Crippen molar-refractivity contribution in [2.75, 3.05) is 20.2 Å². The molecule has 1 aromatic rings. The highest BCUT2D eigenvalue weighted by Gasteiger charge is 2.35. The Hall–Kier alpha value is -1.15. The van der Waals surface area contributed by atoms with E-state index in [0.717, 1.165) is 12.8 Å². The average molecular weight is 363 g/mol. The standard InChI is InChI=1S/C15H22N2O4S.ClH/c1-11-6-7-17(13(8-11)10-16)22(19,20)14-5-3-4-12(9-14)15(18)21-2;/h3-5,9,11,13H,6-8,10,16H2,1-2H3;1H. The maximum absolute atomic E-state index is 12.8. The maximum Gasteiger partial charge on any atom is 0.337 e. The van der Waals surface area contributed by atoms with Crippen LogP contribution in [0.1, 0.15) is 30.1 Å². The Kier molecular flexibility index (Phi) is 7.01. The number of sulfonamides is 1. The number of ether oxygens (including phenoxy) is 1. The number of nitrogens with zero attached hydrogens (tertiary/aromatic N) is 1. The number of hydrogen-bond donors (Lipinski definition) is 1. The van der Waals surface area contributed by atoms with Crippen LogP contribution in [0, 0.1) is 5.92 Å². The number of methoxy groups -OCH3 is 1. The second-order valence-electron chi connectivity index (χ2n) is 5.65. The van der Waals surface area contributed by atoms with Gasteiger partial charge in [0.05, 0.1) is 17.6 Å². The zero-order valence-electron chi connectivity index (χ0n) is 13.3. The van der Waals surface area contributed by atoms with Crippen molar-refractivity contribution in [1.29, 1.82) is 0 Å². The predicted molar refractivity (Wildman–Crippen MR) is 90.2 cm³/mol. The molecule has 1 fully saturated rings. The van der Waals surface area contributed by atoms with Crippen molar-refractivity contribution < 1.29 is 17.9 Å². The Morgan fingerprint density at radius 1 is 1.43 bits per heavy atom. The van der Waals surface area contributed by atoms with Crippen molar-refractivity contribution >= 4 is 28.4 Å². The molecule has 0 saturated carbocycles. The quantitative estimate of drug-likeness (QED) is 0.822. The summed E-state index contributed by atoms with van der Waals surface area (Å²) in [6.45, 7) is 2.85. The van der Waals surface area contributed by atoms with E-state index in [2.05, 4.69) is 11.7 Å². The lowest BCUT2D eigenvalue weighted by Crippen LogP contribution is -2.49. The topological polar surface area (TPSA) is 89.7 Å². The van der Waals surface area contributed by atoms with E-state index >= 15 is 0 Å². The molecule has 130 valence electrons. The van der Waals surface area contributed by atoms with Crippen LogP contribution in [0.3, 0.4) is 0 Å². The molecule has 0 amide bonds. The number of halogens is 1. The summed E-state index contributed by atoms with van der Waals surface area (Å²) in [6, 6.07) is 5.72. The lowest BCUT2D eigenvalue weighted by molar-refractivity contribution is 0.0600. The normalized spacial score (nSPS) is 22.2. The van der Waals surface area contributed by atoms with Gasteiger partial charge in [-0.15, -0.1) is 12.4 Å². The van der Waals surface area contributed by atoms with Crippen molar-refractivity contribution in [3.8, 4) is 0 Å². The number of benzene rings is 1. The van der Waals surface area contributed by atoms with E-state index in [1.165, 1.54) is 29.6 Å². The molecular weight excluding hydrogens is 340 g/mol. The van der Waals surface area contributed by atoms with E-state index < -0.39 is 16.0 Å². The first-order valence-electron chi connectivity index (χ1n) is 7.30. The van der Waals surface area contributed by atoms with Crippen molar-refractivity contribution in [3.05, 3.63) is 29.8 Å². The van der Waals surface area contributed by atoms with Gasteiger partial charge in [0.1, 0.15) is 0 Å². The van der Waals surface area contributed by atoms with Gasteiger partial charge in [-0.05, 0) is 37.0 Å². The Bertz CT molecular complexity index is 651. The highest BCUT2D eigenvalue weighted by molar-refractivity contribution is 7.89. The van der Waals surface area contributed by atoms with Crippen LogP contribution >= 0.6 is 12.4 Å². The van der Waals surface area contributed by atoms with Gasteiger partial charge in [-0.1, -0.05) is 13.0 Å². The summed E-state index contributed by atoms with van der Waals surface area (Å²) < 4.78 is 31.8. The molecular formula is C15H23ClN2O4S. The molecule has 6 nitrogen and oxygen atoms in total. The number of carbonyl (C=O) groups excluding carboxylic acids is 1. The third-order valence-electron chi connectivity index (χ3n) is 4.06. The summed E-state index contributed by atoms with van der Waals surface area (Å²) in [5.74, 6) is -0.0962. The van der Waals surface area contributed by atoms with Crippen LogP contribution < -0.4 is 5.73 Å². The third-order valence-corrected chi connectivity index (χ3v) is 6.01. The van der Waals surface area contributed by atoms with Crippen LogP contribution in [0.15, 0.2) is 29.2 Å². The number of esters is 1. The van der Waals surface area contributed by atoms with E-state index in [1.54, 1.807) is 6.07 Å². The van der Waals surface area contributed by atoms with Crippen molar-refractivity contribution in [2.24, 2.45) is 11.7 Å². The van der Waals surface area contributed by atoms with Crippen LogP contribution in [-0.4, -0.2) is 44.9 Å². The van der Waals surface area contributed by atoms with E-state index in [9.17, 15) is 13.2 Å². The summed E-state index contributed by atoms with van der Waals surface area (Å²) >= 11 is 0. The molecule has 0 aromatic heterocycles. The molecule has 8 heteroatoms. The smallest absolute Gasteiger partial charge is 0.337 e. The van der Waals surface area contributed by atoms with Gasteiger partial charge in [-0.25, -0.2) is 13.2 Å². The van der Waals surface area contributed by atoms with Gasteiger partial charge in [-0.2, -0.15) is 4.31 Å². The number of hydrogen-bond acceptors (Lipinski definition) is 5. The monoisotopic (exact) mass is 362 g/mol. The first-order chi connectivity index (χ1) is 10.4. The molecule has 23 heavy (non-hydrogen) atoms. The minimum Gasteiger partial charge on any atom is -0.465 e. The molecule has 0 bridgehead atoms. The Balaban J connectivity index is 0.00000264. The number of piperidine rings is 1. The van der Waals surface area contributed by atoms with E-state index in [0.29, 0.717) is 19.0 Å². The summed E-state index contributed by atoms with van der Waals surface area (Å²) in [5.41, 5.74) is 5.97. The molecule has 2 rings (SSSR count). The first kappa shape index (κ1) is 19.9. The fraction of sp³-hybridized carbons (Fsp3) is 0.533. The molecule has 1 saturated heterocycles. The zero-order valence-corrected chi connectivity index (χ0v) is 14.9. The van der Waals surface area contributed by atoms with Gasteiger partial charge in [0.15, 0.2) is 0 Å². The fourth-order valence-electron chi connectivity index (χ4n) is 2.80. The summed E-state index contributed by atoms with van der Waals surface area (Å²) in [7, 11) is -2.40. The molecule has 1 aliphatic heterocycles. The molecule has 2 unspecified atom stereocenters. The Morgan fingerprint density at radius 3 is 2.74 bits per heavy atom. The van der Waals surface area contributed by atoms with Gasteiger partial charge in [-0.3, -0.25) is 0 Å². The van der Waals surface area contributed by atoms with Crippen LogP contribution in [0.4, 0.5) is 0 Å². The summed E-state index contributed by atoms with van der Waals surface area (Å²) in [6.07, 6.45) is 1.57. The molecule has 1 aromatic carbocycles. The van der Waals surface area contributed by atoms with E-state index in [1.807, 2.05) is 0 Å². The van der Waals surface area contributed by atoms with Gasteiger partial charge in [0.2, 0.25) is 10.0 Å². The minimum atomic E-state index is -3.67. The molecule has 0 aliphatic carbocycles. The Morgan fingerprint density at radius 2 is 2.13 bits per heavy atom. The molecule has 0 spiro atoms. The molecule has 0 radical (unpaired) electrons. The molecule has 2 atom stereocenters. The average Bonchev–Trinajstić information content (AvgIpc) is 2.53. The van der Waals surface area contributed by atoms with Crippen LogP contribution in [0.25, 0.3) is 0 Å². The highest BCUT2D eigenvalue weighted by Crippen LogP contribution is 2.28. The predicted octanol–water partition coefficient (Wildman–Crippen LogP) is 1.64. The number of carbonyl (C=O) groups is 1. The largest absolute Gasteiger partial charge is 0.465 e. The lowest BCUT2D eigenvalue weighted by Gasteiger charge is -2.36. The van der Waals surface area contributed by atoms with Crippen LogP contribution in [-0.2, 0) is 14.8 Å². The highest BCUT2D eigenvalue weighted by atomic mass is 35.5. The fourth-order valence-corrected chi connectivity index (χ4v) is 4.50. The van der Waals surface area contributed by atoms with Gasteiger partial charge < -0.3 is 10.5 Å². The van der Waals surface area contributed by atoms with E-state index in [-0.39, 0.29) is 28.9 Å². The second-order valence-corrected chi connectivity index (χ2v) is 7.54. The number of nitrogens with two attached hydrogens (primary N) is 1. The summed E-state index contributed by atoms with van der Waals surface area (Å²) in [4.78, 5) is 11.7. The van der Waals surface area contributed by atoms with Gasteiger partial charge in [0, 0.05) is 19.1 Å². The SMILES string of the molecule is COC(=O)c1cccc(S(=O)(=O)N2CCC(C)CC2CN)c1.Cl. The molecule has 2 N–H and O–H groups in total. The van der Waals surface area contributed by atoms with Gasteiger partial charge in [0.25, 0.3) is 0 Å². The first-order valence-corrected chi connectivity index (χ1v) is 8.74. The van der Waals surface area contributed by atoms with Crippen molar-refractivity contribution in [3.63, 3.8) is 0 Å². The van der Waals surface area contributed by atoms with E-state index in [4.69, 9.17) is 5.73 Å². The molecule has 1 heterocycles. The second kappa shape index (κ2) is 8.10. The molecule has 1 aliphatic rings. The lowest BCUT2D eigenvalue weighted by atomic mass is 9.94. The van der Waals surface area contributed by atoms with Crippen molar-refractivity contribution in [2.45, 2.75) is 30.7 Å². The zero-order chi connectivity index (χ0) is 16.3. The number of rotatable bonds is 4. The minimum absolute atomic E-state index is 0. The maximum atomic E-state index is 12.8. The van der Waals surface area contributed by atoms with Crippen LogP contribution in [0.5, 0.6) is 0 Å². The third kappa shape index (κ3) is 4.23. The summed E-state index contributed by atoms with van der Waals surface area (Å²) in [5, 5.41) is 0. The van der Waals surface area contributed by atoms with Gasteiger partial charge >= 0.3 is 5.97 Å². The Labute approximate surface area is 143 Å². The van der Waals surface area contributed by atoms with Crippen molar-refractivity contribution in [1.82, 2.24) is 4.31 Å².